The first-order chi connectivity index (χ1) is 13.3. The van der Waals surface area contributed by atoms with Gasteiger partial charge in [-0.3, -0.25) is 9.59 Å². The van der Waals surface area contributed by atoms with Gasteiger partial charge < -0.3 is 14.4 Å². The fourth-order valence-corrected chi connectivity index (χ4v) is 3.14. The first-order valence-corrected chi connectivity index (χ1v) is 11.3. The van der Waals surface area contributed by atoms with E-state index >= 15 is 0 Å². The molecule has 0 aliphatic carbocycles. The van der Waals surface area contributed by atoms with Gasteiger partial charge in [-0.05, 0) is 46.8 Å². The van der Waals surface area contributed by atoms with Crippen LogP contribution in [0.4, 0.5) is 0 Å². The molecule has 0 aromatic carbocycles. The molecule has 5 nitrogen and oxygen atoms in total. The van der Waals surface area contributed by atoms with Crippen molar-refractivity contribution < 1.29 is 19.1 Å². The maximum absolute atomic E-state index is 12.4. The van der Waals surface area contributed by atoms with Gasteiger partial charge in [0.15, 0.2) is 0 Å². The second-order valence-corrected chi connectivity index (χ2v) is 8.41. The summed E-state index contributed by atoms with van der Waals surface area (Å²) in [4.78, 5) is 26.6. The van der Waals surface area contributed by atoms with E-state index in [9.17, 15) is 9.59 Å². The van der Waals surface area contributed by atoms with Crippen molar-refractivity contribution in [3.05, 3.63) is 0 Å². The predicted octanol–water partition coefficient (Wildman–Crippen LogP) is 5.22. The summed E-state index contributed by atoms with van der Waals surface area (Å²) in [5.74, 6) is -0.541. The van der Waals surface area contributed by atoms with Gasteiger partial charge in [-0.2, -0.15) is 0 Å². The van der Waals surface area contributed by atoms with Crippen LogP contribution >= 0.6 is 0 Å². The molecule has 5 heteroatoms. The number of rotatable bonds is 17. The third-order valence-corrected chi connectivity index (χ3v) is 5.07. The number of carbonyl (C=O) groups is 2. The van der Waals surface area contributed by atoms with Gasteiger partial charge in [0.25, 0.3) is 0 Å². The number of hydrogen-bond donors (Lipinski definition) is 0. The predicted molar refractivity (Wildman–Crippen MR) is 115 cm³/mol. The molecular formula is C23H45NO4. The summed E-state index contributed by atoms with van der Waals surface area (Å²) in [6, 6.07) is 0. The highest BCUT2D eigenvalue weighted by Gasteiger charge is 2.22. The van der Waals surface area contributed by atoms with Crippen LogP contribution in [0.1, 0.15) is 91.9 Å². The van der Waals surface area contributed by atoms with E-state index in [2.05, 4.69) is 13.8 Å². The van der Waals surface area contributed by atoms with Gasteiger partial charge in [0.05, 0.1) is 11.8 Å². The normalized spacial score (nSPS) is 14.5. The molecule has 166 valence electrons. The van der Waals surface area contributed by atoms with Gasteiger partial charge in [0, 0.05) is 0 Å². The summed E-state index contributed by atoms with van der Waals surface area (Å²) in [5, 5.41) is 0. The minimum absolute atomic E-state index is 0.0295. The van der Waals surface area contributed by atoms with Crippen LogP contribution in [0, 0.1) is 11.8 Å². The number of esters is 2. The Balaban J connectivity index is 4.17. The van der Waals surface area contributed by atoms with Crippen LogP contribution in [0.5, 0.6) is 0 Å². The number of carbonyl (C=O) groups excluding carboxylic acids is 2. The molecule has 0 saturated carbocycles. The highest BCUT2D eigenvalue weighted by Crippen LogP contribution is 2.19. The zero-order valence-electron chi connectivity index (χ0n) is 19.3. The molecule has 0 radical (unpaired) electrons. The lowest BCUT2D eigenvalue weighted by atomic mass is 9.96. The molecule has 0 amide bonds. The molecule has 0 aliphatic heterocycles. The Bertz CT molecular complexity index is 411. The summed E-state index contributed by atoms with van der Waals surface area (Å²) in [6.45, 7) is 8.96. The number of ether oxygens (including phenoxy) is 2. The Morgan fingerprint density at radius 2 is 1.46 bits per heavy atom. The Morgan fingerprint density at radius 3 is 2.07 bits per heavy atom. The Labute approximate surface area is 173 Å². The standard InChI is InChI=1S/C23H45NO4/c1-7-9-10-11-12-13-15-21(14-8-2)23(26)27-18-20(4)28-22(25)19(3)16-17-24(5)6/h19-21H,7-18H2,1-6H3. The van der Waals surface area contributed by atoms with E-state index in [4.69, 9.17) is 9.47 Å². The number of nitrogens with zero attached hydrogens (tertiary/aromatic N) is 1. The van der Waals surface area contributed by atoms with Crippen molar-refractivity contribution in [2.24, 2.45) is 11.8 Å². The Kier molecular flexibility index (Phi) is 16.2. The molecule has 0 N–H and O–H groups in total. The molecule has 0 spiro atoms. The van der Waals surface area contributed by atoms with Crippen molar-refractivity contribution >= 4 is 11.9 Å². The molecule has 0 heterocycles. The molecule has 0 rings (SSSR count). The lowest BCUT2D eigenvalue weighted by molar-refractivity contribution is -0.163. The monoisotopic (exact) mass is 399 g/mol. The molecule has 3 atom stereocenters. The van der Waals surface area contributed by atoms with E-state index in [-0.39, 0.29) is 30.4 Å². The van der Waals surface area contributed by atoms with Crippen molar-refractivity contribution in [3.8, 4) is 0 Å². The van der Waals surface area contributed by atoms with E-state index in [1.54, 1.807) is 6.92 Å². The topological polar surface area (TPSA) is 55.8 Å². The Morgan fingerprint density at radius 1 is 0.821 bits per heavy atom. The molecule has 0 bridgehead atoms. The van der Waals surface area contributed by atoms with Gasteiger partial charge in [0.1, 0.15) is 12.7 Å². The largest absolute Gasteiger partial charge is 0.462 e. The number of hydrogen-bond acceptors (Lipinski definition) is 5. The van der Waals surface area contributed by atoms with Crippen LogP contribution in [-0.2, 0) is 19.1 Å². The molecule has 0 fully saturated rings. The van der Waals surface area contributed by atoms with Crippen LogP contribution in [0.2, 0.25) is 0 Å². The smallest absolute Gasteiger partial charge is 0.309 e. The first-order valence-electron chi connectivity index (χ1n) is 11.3. The van der Waals surface area contributed by atoms with E-state index in [0.717, 1.165) is 38.6 Å². The van der Waals surface area contributed by atoms with Gasteiger partial charge >= 0.3 is 11.9 Å². The highest BCUT2D eigenvalue weighted by molar-refractivity contribution is 5.73. The van der Waals surface area contributed by atoms with Gasteiger partial charge in [-0.1, -0.05) is 65.7 Å². The molecule has 28 heavy (non-hydrogen) atoms. The van der Waals surface area contributed by atoms with Crippen LogP contribution in [-0.4, -0.2) is 50.2 Å². The number of unbranched alkanes of at least 4 members (excludes halogenated alkanes) is 5. The fourth-order valence-electron chi connectivity index (χ4n) is 3.14. The second kappa shape index (κ2) is 16.8. The fraction of sp³-hybridized carbons (Fsp3) is 0.913. The third-order valence-electron chi connectivity index (χ3n) is 5.07. The van der Waals surface area contributed by atoms with E-state index in [0.29, 0.717) is 0 Å². The van der Waals surface area contributed by atoms with Gasteiger partial charge in [-0.15, -0.1) is 0 Å². The molecule has 3 unspecified atom stereocenters. The zero-order valence-corrected chi connectivity index (χ0v) is 19.3. The first kappa shape index (κ1) is 26.9. The average Bonchev–Trinajstić information content (AvgIpc) is 2.65. The van der Waals surface area contributed by atoms with Crippen molar-refractivity contribution in [2.45, 2.75) is 98.0 Å². The van der Waals surface area contributed by atoms with E-state index < -0.39 is 6.10 Å². The van der Waals surface area contributed by atoms with Crippen molar-refractivity contribution in [2.75, 3.05) is 27.2 Å². The third kappa shape index (κ3) is 14.0. The van der Waals surface area contributed by atoms with E-state index in [1.165, 1.54) is 32.1 Å². The minimum Gasteiger partial charge on any atom is -0.462 e. The van der Waals surface area contributed by atoms with Crippen LogP contribution in [0.3, 0.4) is 0 Å². The Hall–Kier alpha value is -1.10. The van der Waals surface area contributed by atoms with Crippen molar-refractivity contribution in [3.63, 3.8) is 0 Å². The summed E-state index contributed by atoms with van der Waals surface area (Å²) in [7, 11) is 3.97. The molecule has 0 aromatic heterocycles. The van der Waals surface area contributed by atoms with Gasteiger partial charge in [-0.25, -0.2) is 0 Å². The second-order valence-electron chi connectivity index (χ2n) is 8.41. The van der Waals surface area contributed by atoms with E-state index in [1.807, 2.05) is 25.9 Å². The summed E-state index contributed by atoms with van der Waals surface area (Å²) < 4.78 is 10.9. The minimum atomic E-state index is -0.408. The lowest BCUT2D eigenvalue weighted by Crippen LogP contribution is -2.28. The highest BCUT2D eigenvalue weighted by atomic mass is 16.6. The lowest BCUT2D eigenvalue weighted by Gasteiger charge is -2.20. The van der Waals surface area contributed by atoms with Crippen molar-refractivity contribution in [1.82, 2.24) is 4.90 Å². The maximum Gasteiger partial charge on any atom is 0.309 e. The van der Waals surface area contributed by atoms with Crippen LogP contribution in [0.25, 0.3) is 0 Å². The molecule has 0 saturated heterocycles. The summed E-state index contributed by atoms with van der Waals surface area (Å²) in [5.41, 5.74) is 0. The maximum atomic E-state index is 12.4. The SMILES string of the molecule is CCCCCCCCC(CCC)C(=O)OCC(C)OC(=O)C(C)CCN(C)C. The quantitative estimate of drug-likeness (QED) is 0.248. The average molecular weight is 400 g/mol. The zero-order chi connectivity index (χ0) is 21.4. The van der Waals surface area contributed by atoms with Crippen LogP contribution < -0.4 is 0 Å². The molecule has 0 aromatic rings. The summed E-state index contributed by atoms with van der Waals surface area (Å²) >= 11 is 0. The summed E-state index contributed by atoms with van der Waals surface area (Å²) in [6.07, 6.45) is 10.4. The van der Waals surface area contributed by atoms with Gasteiger partial charge in [0.2, 0.25) is 0 Å². The molecule has 0 aliphatic rings. The van der Waals surface area contributed by atoms with Crippen LogP contribution in [0.15, 0.2) is 0 Å². The molecular weight excluding hydrogens is 354 g/mol. The van der Waals surface area contributed by atoms with Crippen molar-refractivity contribution in [1.29, 1.82) is 0 Å².